The third-order valence-corrected chi connectivity index (χ3v) is 4.81. The van der Waals surface area contributed by atoms with Gasteiger partial charge in [-0.2, -0.15) is 0 Å². The Morgan fingerprint density at radius 2 is 1.74 bits per heavy atom. The predicted octanol–water partition coefficient (Wildman–Crippen LogP) is 2.75. The smallest absolute Gasteiger partial charge is 0.261 e. The van der Waals surface area contributed by atoms with Crippen LogP contribution in [0, 0.1) is 0 Å². The number of carbonyl (C=O) groups excluding carboxylic acids is 1. The molecule has 6 heteroatoms. The van der Waals surface area contributed by atoms with Crippen LogP contribution in [0.5, 0.6) is 0 Å². The molecule has 0 saturated carbocycles. The van der Waals surface area contributed by atoms with Crippen LogP contribution in [-0.2, 0) is 16.4 Å². The van der Waals surface area contributed by atoms with E-state index in [4.69, 9.17) is 0 Å². The molecule has 0 atom stereocenters. The molecule has 0 aromatic heterocycles. The molecule has 0 aliphatic carbocycles. The first-order valence-electron chi connectivity index (χ1n) is 7.27. The lowest BCUT2D eigenvalue weighted by atomic mass is 10.2. The molecule has 122 valence electrons. The van der Waals surface area contributed by atoms with E-state index in [0.717, 1.165) is 12.0 Å². The van der Waals surface area contributed by atoms with Crippen LogP contribution in [0.3, 0.4) is 0 Å². The molecule has 5 nitrogen and oxygen atoms in total. The molecule has 1 N–H and O–H groups in total. The number of nitrogens with zero attached hydrogens (tertiary/aromatic N) is 1. The molecule has 0 aliphatic heterocycles. The molecule has 1 amide bonds. The second-order valence-electron chi connectivity index (χ2n) is 5.38. The number of aryl methyl sites for hydroxylation is 1. The molecule has 0 radical (unpaired) electrons. The fourth-order valence-electron chi connectivity index (χ4n) is 2.09. The Kier molecular flexibility index (Phi) is 5.05. The minimum absolute atomic E-state index is 0.182. The number of hydrogen-bond acceptors (Lipinski definition) is 3. The standard InChI is InChI=1S/C17H20N2O3S/c1-4-13-8-10-16(11-9-13)23(21,22)18-15-7-5-6-14(12-15)17(20)19(2)3/h5-12,18H,4H2,1-3H3. The normalized spacial score (nSPS) is 11.1. The summed E-state index contributed by atoms with van der Waals surface area (Å²) in [6.07, 6.45) is 0.850. The summed E-state index contributed by atoms with van der Waals surface area (Å²) in [4.78, 5) is 13.6. The van der Waals surface area contributed by atoms with Crippen molar-refractivity contribution in [2.24, 2.45) is 0 Å². The maximum absolute atomic E-state index is 12.4. The fraction of sp³-hybridized carbons (Fsp3) is 0.235. The van der Waals surface area contributed by atoms with Gasteiger partial charge >= 0.3 is 0 Å². The van der Waals surface area contributed by atoms with Crippen molar-refractivity contribution in [2.75, 3.05) is 18.8 Å². The molecule has 0 heterocycles. The molecule has 0 unspecified atom stereocenters. The summed E-state index contributed by atoms with van der Waals surface area (Å²) >= 11 is 0. The van der Waals surface area contributed by atoms with Crippen LogP contribution in [0.25, 0.3) is 0 Å². The van der Waals surface area contributed by atoms with Gasteiger partial charge in [0.05, 0.1) is 4.90 Å². The van der Waals surface area contributed by atoms with Crippen LogP contribution in [0.2, 0.25) is 0 Å². The van der Waals surface area contributed by atoms with Gasteiger partial charge in [-0.15, -0.1) is 0 Å². The van der Waals surface area contributed by atoms with E-state index in [0.29, 0.717) is 11.3 Å². The molecule has 2 rings (SSSR count). The molecule has 2 aromatic carbocycles. The highest BCUT2D eigenvalue weighted by Crippen LogP contribution is 2.18. The summed E-state index contributed by atoms with van der Waals surface area (Å²) in [5, 5.41) is 0. The van der Waals surface area contributed by atoms with E-state index in [-0.39, 0.29) is 10.8 Å². The summed E-state index contributed by atoms with van der Waals surface area (Å²) in [6.45, 7) is 2.01. The molecule has 0 bridgehead atoms. The van der Waals surface area contributed by atoms with Crippen molar-refractivity contribution < 1.29 is 13.2 Å². The number of carbonyl (C=O) groups is 1. The lowest BCUT2D eigenvalue weighted by Crippen LogP contribution is -2.22. The lowest BCUT2D eigenvalue weighted by Gasteiger charge is -2.12. The van der Waals surface area contributed by atoms with Crippen molar-refractivity contribution in [2.45, 2.75) is 18.2 Å². The monoisotopic (exact) mass is 332 g/mol. The van der Waals surface area contributed by atoms with Crippen LogP contribution < -0.4 is 4.72 Å². The van der Waals surface area contributed by atoms with Crippen molar-refractivity contribution in [1.29, 1.82) is 0 Å². The molecule has 0 aliphatic rings. The largest absolute Gasteiger partial charge is 0.345 e. The second-order valence-corrected chi connectivity index (χ2v) is 7.07. The van der Waals surface area contributed by atoms with Gasteiger partial charge in [0.25, 0.3) is 15.9 Å². The molecular weight excluding hydrogens is 312 g/mol. The highest BCUT2D eigenvalue weighted by atomic mass is 32.2. The maximum atomic E-state index is 12.4. The summed E-state index contributed by atoms with van der Waals surface area (Å²) in [5.41, 5.74) is 1.86. The summed E-state index contributed by atoms with van der Waals surface area (Å²) in [5.74, 6) is -0.182. The fourth-order valence-corrected chi connectivity index (χ4v) is 3.14. The molecule has 23 heavy (non-hydrogen) atoms. The van der Waals surface area contributed by atoms with E-state index < -0.39 is 10.0 Å². The topological polar surface area (TPSA) is 66.5 Å². The van der Waals surface area contributed by atoms with Gasteiger partial charge in [-0.1, -0.05) is 25.1 Å². The van der Waals surface area contributed by atoms with E-state index in [9.17, 15) is 13.2 Å². The number of rotatable bonds is 5. The Bertz CT molecular complexity index is 797. The highest BCUT2D eigenvalue weighted by molar-refractivity contribution is 7.92. The van der Waals surface area contributed by atoms with Crippen LogP contribution in [0.15, 0.2) is 53.4 Å². The third-order valence-electron chi connectivity index (χ3n) is 3.41. The van der Waals surface area contributed by atoms with Crippen molar-refractivity contribution >= 4 is 21.6 Å². The summed E-state index contributed by atoms with van der Waals surface area (Å²) in [6, 6.07) is 13.2. The number of hydrogen-bond donors (Lipinski definition) is 1. The van der Waals surface area contributed by atoms with Crippen molar-refractivity contribution in [3.8, 4) is 0 Å². The number of sulfonamides is 1. The predicted molar refractivity (Wildman–Crippen MR) is 91.1 cm³/mol. The summed E-state index contributed by atoms with van der Waals surface area (Å²) < 4.78 is 27.3. The van der Waals surface area contributed by atoms with E-state index in [1.807, 2.05) is 6.92 Å². The minimum atomic E-state index is -3.68. The van der Waals surface area contributed by atoms with Gasteiger partial charge in [0, 0.05) is 25.3 Å². The zero-order valence-electron chi connectivity index (χ0n) is 13.4. The quantitative estimate of drug-likeness (QED) is 0.915. The Balaban J connectivity index is 2.26. The second kappa shape index (κ2) is 6.83. The van der Waals surface area contributed by atoms with Crippen LogP contribution in [0.4, 0.5) is 5.69 Å². The van der Waals surface area contributed by atoms with E-state index in [2.05, 4.69) is 4.72 Å². The zero-order chi connectivity index (χ0) is 17.0. The third kappa shape index (κ3) is 4.10. The van der Waals surface area contributed by atoms with Crippen LogP contribution >= 0.6 is 0 Å². The van der Waals surface area contributed by atoms with Gasteiger partial charge in [-0.05, 0) is 42.3 Å². The zero-order valence-corrected chi connectivity index (χ0v) is 14.2. The van der Waals surface area contributed by atoms with Gasteiger partial charge in [0.2, 0.25) is 0 Å². The van der Waals surface area contributed by atoms with Crippen molar-refractivity contribution in [3.63, 3.8) is 0 Å². The Morgan fingerprint density at radius 3 is 2.30 bits per heavy atom. The first-order chi connectivity index (χ1) is 10.8. The first kappa shape index (κ1) is 17.0. The molecule has 0 fully saturated rings. The van der Waals surface area contributed by atoms with E-state index in [1.165, 1.54) is 11.0 Å². The Hall–Kier alpha value is -2.34. The van der Waals surface area contributed by atoms with Gasteiger partial charge in [0.15, 0.2) is 0 Å². The lowest BCUT2D eigenvalue weighted by molar-refractivity contribution is 0.0827. The Labute approximate surface area is 137 Å². The maximum Gasteiger partial charge on any atom is 0.261 e. The SMILES string of the molecule is CCc1ccc(S(=O)(=O)Nc2cccc(C(=O)N(C)C)c2)cc1. The number of benzene rings is 2. The highest BCUT2D eigenvalue weighted by Gasteiger charge is 2.15. The average molecular weight is 332 g/mol. The minimum Gasteiger partial charge on any atom is -0.345 e. The number of anilines is 1. The van der Waals surface area contributed by atoms with Crippen LogP contribution in [0.1, 0.15) is 22.8 Å². The average Bonchev–Trinajstić information content (AvgIpc) is 2.54. The van der Waals surface area contributed by atoms with E-state index in [1.54, 1.807) is 56.6 Å². The molecule has 0 spiro atoms. The van der Waals surface area contributed by atoms with Gasteiger partial charge in [-0.25, -0.2) is 8.42 Å². The van der Waals surface area contributed by atoms with Gasteiger partial charge < -0.3 is 4.90 Å². The van der Waals surface area contributed by atoms with Crippen molar-refractivity contribution in [3.05, 3.63) is 59.7 Å². The molecule has 0 saturated heterocycles. The van der Waals surface area contributed by atoms with Gasteiger partial charge in [0.1, 0.15) is 0 Å². The first-order valence-corrected chi connectivity index (χ1v) is 8.75. The number of amides is 1. The molecular formula is C17H20N2O3S. The Morgan fingerprint density at radius 1 is 1.09 bits per heavy atom. The molecule has 2 aromatic rings. The van der Waals surface area contributed by atoms with Crippen LogP contribution in [-0.4, -0.2) is 33.3 Å². The number of nitrogens with one attached hydrogen (secondary N) is 1. The summed E-state index contributed by atoms with van der Waals surface area (Å²) in [7, 11) is -0.381. The van der Waals surface area contributed by atoms with E-state index >= 15 is 0 Å². The van der Waals surface area contributed by atoms with Crippen molar-refractivity contribution in [1.82, 2.24) is 4.90 Å². The van der Waals surface area contributed by atoms with Gasteiger partial charge in [-0.3, -0.25) is 9.52 Å².